The lowest BCUT2D eigenvalue weighted by atomic mass is 9.55. The third kappa shape index (κ3) is 3.47. The standard InChI is InChI=1S/C19H31N3OS/c1-12(11-14-9-8-13(2)24-14)21-18(20-5)22-16-15-7-6-10-23-17(15)19(16,3)4/h8-9,12,15-17H,6-7,10-11H2,1-5H3,(H2,20,21,22). The van der Waals surface area contributed by atoms with Gasteiger partial charge in [0.1, 0.15) is 0 Å². The Kier molecular flexibility index (Phi) is 5.21. The van der Waals surface area contributed by atoms with Crippen molar-refractivity contribution in [2.45, 2.75) is 65.1 Å². The predicted molar refractivity (Wildman–Crippen MR) is 102 cm³/mol. The Balaban J connectivity index is 1.56. The average molecular weight is 350 g/mol. The second kappa shape index (κ2) is 7.04. The fraction of sp³-hybridized carbons (Fsp3) is 0.737. The fourth-order valence-electron chi connectivity index (χ4n) is 4.31. The Morgan fingerprint density at radius 3 is 2.92 bits per heavy atom. The van der Waals surface area contributed by atoms with Crippen LogP contribution in [0.25, 0.3) is 0 Å². The fourth-order valence-corrected chi connectivity index (χ4v) is 5.33. The molecule has 0 aromatic carbocycles. The zero-order chi connectivity index (χ0) is 17.3. The summed E-state index contributed by atoms with van der Waals surface area (Å²) in [6.07, 6.45) is 3.86. The molecule has 1 aromatic rings. The summed E-state index contributed by atoms with van der Waals surface area (Å²) in [5.74, 6) is 1.53. The highest BCUT2D eigenvalue weighted by Gasteiger charge is 2.58. The van der Waals surface area contributed by atoms with Crippen molar-refractivity contribution in [2.75, 3.05) is 13.7 Å². The molecule has 2 fully saturated rings. The maximum absolute atomic E-state index is 6.00. The van der Waals surface area contributed by atoms with Crippen molar-refractivity contribution < 1.29 is 4.74 Å². The molecule has 2 N–H and O–H groups in total. The molecule has 1 aliphatic heterocycles. The lowest BCUT2D eigenvalue weighted by Gasteiger charge is -2.60. The van der Waals surface area contributed by atoms with E-state index in [1.165, 1.54) is 22.6 Å². The van der Waals surface area contributed by atoms with Gasteiger partial charge < -0.3 is 15.4 Å². The Morgan fingerprint density at radius 2 is 2.25 bits per heavy atom. The van der Waals surface area contributed by atoms with Crippen molar-refractivity contribution >= 4 is 17.3 Å². The molecule has 1 aromatic heterocycles. The van der Waals surface area contributed by atoms with E-state index in [0.717, 1.165) is 19.0 Å². The maximum Gasteiger partial charge on any atom is 0.191 e. The maximum atomic E-state index is 6.00. The minimum absolute atomic E-state index is 0.164. The van der Waals surface area contributed by atoms with Crippen LogP contribution in [0.1, 0.15) is 43.4 Å². The molecule has 0 spiro atoms. The van der Waals surface area contributed by atoms with Gasteiger partial charge in [0.15, 0.2) is 5.96 Å². The molecule has 5 heteroatoms. The molecule has 4 atom stereocenters. The van der Waals surface area contributed by atoms with Gasteiger partial charge in [-0.3, -0.25) is 4.99 Å². The molecule has 24 heavy (non-hydrogen) atoms. The number of rotatable bonds is 4. The number of thiophene rings is 1. The second-order valence-corrected chi connectivity index (χ2v) is 9.25. The minimum atomic E-state index is 0.164. The summed E-state index contributed by atoms with van der Waals surface area (Å²) >= 11 is 1.88. The molecule has 0 bridgehead atoms. The molecule has 1 aliphatic carbocycles. The van der Waals surface area contributed by atoms with Crippen LogP contribution in [-0.4, -0.2) is 37.8 Å². The number of guanidine groups is 1. The predicted octanol–water partition coefficient (Wildman–Crippen LogP) is 3.36. The van der Waals surface area contributed by atoms with Crippen molar-refractivity contribution in [3.63, 3.8) is 0 Å². The highest BCUT2D eigenvalue weighted by atomic mass is 32.1. The molecular formula is C19H31N3OS. The van der Waals surface area contributed by atoms with E-state index in [1.807, 2.05) is 18.4 Å². The largest absolute Gasteiger partial charge is 0.377 e. The molecule has 134 valence electrons. The SMILES string of the molecule is CN=C(NC(C)Cc1ccc(C)s1)NC1C2CCCOC2C1(C)C. The smallest absolute Gasteiger partial charge is 0.191 e. The summed E-state index contributed by atoms with van der Waals surface area (Å²) in [6.45, 7) is 9.92. The van der Waals surface area contributed by atoms with Gasteiger partial charge >= 0.3 is 0 Å². The quantitative estimate of drug-likeness (QED) is 0.647. The number of hydrogen-bond acceptors (Lipinski definition) is 3. The first kappa shape index (κ1) is 17.7. The third-order valence-electron chi connectivity index (χ3n) is 5.53. The summed E-state index contributed by atoms with van der Waals surface area (Å²) in [4.78, 5) is 7.25. The third-order valence-corrected chi connectivity index (χ3v) is 6.56. The first-order chi connectivity index (χ1) is 11.4. The number of ether oxygens (including phenoxy) is 1. The van der Waals surface area contributed by atoms with Crippen LogP contribution in [0.4, 0.5) is 0 Å². The van der Waals surface area contributed by atoms with Gasteiger partial charge in [-0.1, -0.05) is 13.8 Å². The Bertz CT molecular complexity index is 595. The monoisotopic (exact) mass is 349 g/mol. The van der Waals surface area contributed by atoms with Gasteiger partial charge in [0.2, 0.25) is 0 Å². The molecule has 0 radical (unpaired) electrons. The number of fused-ring (bicyclic) bond motifs is 1. The van der Waals surface area contributed by atoms with Crippen molar-refractivity contribution in [3.05, 3.63) is 21.9 Å². The molecule has 1 saturated carbocycles. The molecule has 1 saturated heterocycles. The van der Waals surface area contributed by atoms with Gasteiger partial charge in [-0.2, -0.15) is 0 Å². The number of hydrogen-bond donors (Lipinski definition) is 2. The van der Waals surface area contributed by atoms with E-state index in [-0.39, 0.29) is 5.41 Å². The van der Waals surface area contributed by atoms with E-state index in [1.54, 1.807) is 0 Å². The van der Waals surface area contributed by atoms with Crippen molar-refractivity contribution in [1.29, 1.82) is 0 Å². The molecule has 4 unspecified atom stereocenters. The lowest BCUT2D eigenvalue weighted by molar-refractivity contribution is -0.188. The first-order valence-corrected chi connectivity index (χ1v) is 9.90. The molecule has 4 nitrogen and oxygen atoms in total. The summed E-state index contributed by atoms with van der Waals surface area (Å²) in [5.41, 5.74) is 0.164. The van der Waals surface area contributed by atoms with Crippen molar-refractivity contribution in [1.82, 2.24) is 10.6 Å². The van der Waals surface area contributed by atoms with E-state index >= 15 is 0 Å². The van der Waals surface area contributed by atoms with Crippen LogP contribution in [0.2, 0.25) is 0 Å². The minimum Gasteiger partial charge on any atom is -0.377 e. The average Bonchev–Trinajstić information content (AvgIpc) is 2.96. The van der Waals surface area contributed by atoms with Gasteiger partial charge in [0.25, 0.3) is 0 Å². The van der Waals surface area contributed by atoms with Crippen LogP contribution < -0.4 is 10.6 Å². The van der Waals surface area contributed by atoms with E-state index in [0.29, 0.717) is 24.1 Å². The Labute approximate surface area is 150 Å². The zero-order valence-corrected chi connectivity index (χ0v) is 16.4. The summed E-state index contributed by atoms with van der Waals surface area (Å²) in [6, 6.07) is 5.22. The van der Waals surface area contributed by atoms with Gasteiger partial charge in [-0.25, -0.2) is 0 Å². The van der Waals surface area contributed by atoms with Gasteiger partial charge in [0, 0.05) is 53.2 Å². The summed E-state index contributed by atoms with van der Waals surface area (Å²) < 4.78 is 6.00. The molecular weight excluding hydrogens is 318 g/mol. The van der Waals surface area contributed by atoms with E-state index in [9.17, 15) is 0 Å². The lowest BCUT2D eigenvalue weighted by Crippen LogP contribution is -2.71. The topological polar surface area (TPSA) is 45.7 Å². The van der Waals surface area contributed by atoms with Gasteiger partial charge in [-0.05, 0) is 38.8 Å². The second-order valence-electron chi connectivity index (χ2n) is 7.87. The van der Waals surface area contributed by atoms with Crippen LogP contribution in [0.5, 0.6) is 0 Å². The molecule has 2 aliphatic rings. The Morgan fingerprint density at radius 1 is 1.46 bits per heavy atom. The molecule has 3 rings (SSSR count). The van der Waals surface area contributed by atoms with Gasteiger partial charge in [-0.15, -0.1) is 11.3 Å². The molecule has 2 heterocycles. The first-order valence-electron chi connectivity index (χ1n) is 9.08. The van der Waals surface area contributed by atoms with E-state index in [4.69, 9.17) is 4.74 Å². The van der Waals surface area contributed by atoms with Crippen LogP contribution in [0.3, 0.4) is 0 Å². The Hall–Kier alpha value is -1.07. The van der Waals surface area contributed by atoms with Crippen molar-refractivity contribution in [2.24, 2.45) is 16.3 Å². The van der Waals surface area contributed by atoms with Crippen molar-refractivity contribution in [3.8, 4) is 0 Å². The number of aryl methyl sites for hydroxylation is 1. The van der Waals surface area contributed by atoms with E-state index < -0.39 is 0 Å². The van der Waals surface area contributed by atoms with Gasteiger partial charge in [0.05, 0.1) is 6.10 Å². The number of aliphatic imine (C=N–C) groups is 1. The van der Waals surface area contributed by atoms with Crippen LogP contribution in [0, 0.1) is 18.3 Å². The van der Waals surface area contributed by atoms with E-state index in [2.05, 4.69) is 55.5 Å². The number of nitrogens with zero attached hydrogens (tertiary/aromatic N) is 1. The highest BCUT2D eigenvalue weighted by molar-refractivity contribution is 7.11. The zero-order valence-electron chi connectivity index (χ0n) is 15.6. The molecule has 0 amide bonds. The van der Waals surface area contributed by atoms with Crippen LogP contribution >= 0.6 is 11.3 Å². The number of nitrogens with one attached hydrogen (secondary N) is 2. The summed E-state index contributed by atoms with van der Waals surface area (Å²) in [7, 11) is 1.86. The normalized spacial score (nSPS) is 30.2. The van der Waals surface area contributed by atoms with Crippen LogP contribution in [0.15, 0.2) is 17.1 Å². The highest BCUT2D eigenvalue weighted by Crippen LogP contribution is 2.51. The van der Waals surface area contributed by atoms with Crippen LogP contribution in [-0.2, 0) is 11.2 Å². The summed E-state index contributed by atoms with van der Waals surface area (Å²) in [5, 5.41) is 7.24.